The van der Waals surface area contributed by atoms with Gasteiger partial charge in [0.1, 0.15) is 0 Å². The zero-order chi connectivity index (χ0) is 11.9. The summed E-state index contributed by atoms with van der Waals surface area (Å²) in [5.74, 6) is 2.94. The summed E-state index contributed by atoms with van der Waals surface area (Å²) in [4.78, 5) is 0. The molecule has 0 heteroatoms. The van der Waals surface area contributed by atoms with Crippen LogP contribution < -0.4 is 0 Å². The van der Waals surface area contributed by atoms with Gasteiger partial charge in [-0.05, 0) is 53.7 Å². The van der Waals surface area contributed by atoms with Crippen LogP contribution in [-0.4, -0.2) is 0 Å². The molecule has 90 valence electrons. The van der Waals surface area contributed by atoms with Gasteiger partial charge in [-0.15, -0.1) is 0 Å². The molecule has 0 nitrogen and oxygen atoms in total. The van der Waals surface area contributed by atoms with Crippen molar-refractivity contribution in [2.24, 2.45) is 11.8 Å². The standard InChI is InChI=1S/C18H18/c1-2-5-13(6-3-1)15-7-4-8-16(11-15)18-12-17(18)14-9-10-14/h1-8,11,14,17-18H,9-10,12H2. The van der Waals surface area contributed by atoms with Crippen molar-refractivity contribution >= 4 is 0 Å². The summed E-state index contributed by atoms with van der Waals surface area (Å²) in [6.07, 6.45) is 4.40. The minimum Gasteiger partial charge on any atom is -0.0622 e. The molecular weight excluding hydrogens is 216 g/mol. The fourth-order valence-corrected chi connectivity index (χ4v) is 3.22. The highest BCUT2D eigenvalue weighted by atomic mass is 14.5. The summed E-state index contributed by atoms with van der Waals surface area (Å²) in [7, 11) is 0. The van der Waals surface area contributed by atoms with Crippen LogP contribution in [-0.2, 0) is 0 Å². The molecule has 2 saturated carbocycles. The average Bonchev–Trinajstić information content (AvgIpc) is 3.30. The Balaban J connectivity index is 1.62. The average molecular weight is 234 g/mol. The van der Waals surface area contributed by atoms with Crippen molar-refractivity contribution < 1.29 is 0 Å². The van der Waals surface area contributed by atoms with E-state index >= 15 is 0 Å². The Bertz CT molecular complexity index is 551. The molecule has 2 aromatic carbocycles. The van der Waals surface area contributed by atoms with Gasteiger partial charge >= 0.3 is 0 Å². The molecule has 0 spiro atoms. The quantitative estimate of drug-likeness (QED) is 0.711. The van der Waals surface area contributed by atoms with E-state index in [0.29, 0.717) is 0 Å². The van der Waals surface area contributed by atoms with E-state index in [-0.39, 0.29) is 0 Å². The van der Waals surface area contributed by atoms with Gasteiger partial charge in [0.15, 0.2) is 0 Å². The monoisotopic (exact) mass is 234 g/mol. The Labute approximate surface area is 109 Å². The second kappa shape index (κ2) is 3.98. The zero-order valence-corrected chi connectivity index (χ0v) is 10.5. The van der Waals surface area contributed by atoms with Gasteiger partial charge in [0.2, 0.25) is 0 Å². The van der Waals surface area contributed by atoms with Crippen LogP contribution >= 0.6 is 0 Å². The van der Waals surface area contributed by atoms with E-state index in [4.69, 9.17) is 0 Å². The van der Waals surface area contributed by atoms with E-state index in [1.165, 1.54) is 30.4 Å². The van der Waals surface area contributed by atoms with E-state index in [0.717, 1.165) is 17.8 Å². The Morgan fingerprint density at radius 1 is 0.778 bits per heavy atom. The zero-order valence-electron chi connectivity index (χ0n) is 10.5. The van der Waals surface area contributed by atoms with Crippen LogP contribution in [0, 0.1) is 11.8 Å². The molecule has 2 aliphatic carbocycles. The van der Waals surface area contributed by atoms with E-state index < -0.39 is 0 Å². The van der Waals surface area contributed by atoms with Crippen LogP contribution in [0.25, 0.3) is 11.1 Å². The van der Waals surface area contributed by atoms with Crippen LogP contribution in [0.3, 0.4) is 0 Å². The Hall–Kier alpha value is -1.56. The van der Waals surface area contributed by atoms with Crippen LogP contribution in [0.4, 0.5) is 0 Å². The third-order valence-corrected chi connectivity index (χ3v) is 4.49. The molecule has 0 N–H and O–H groups in total. The molecule has 2 unspecified atom stereocenters. The molecule has 18 heavy (non-hydrogen) atoms. The van der Waals surface area contributed by atoms with Gasteiger partial charge in [0.05, 0.1) is 0 Å². The lowest BCUT2D eigenvalue weighted by Gasteiger charge is -2.05. The highest BCUT2D eigenvalue weighted by Gasteiger charge is 2.47. The maximum Gasteiger partial charge on any atom is -0.0128 e. The molecule has 2 atom stereocenters. The van der Waals surface area contributed by atoms with Crippen LogP contribution in [0.1, 0.15) is 30.7 Å². The van der Waals surface area contributed by atoms with E-state index in [1.54, 1.807) is 5.56 Å². The molecule has 2 aliphatic rings. The number of rotatable bonds is 3. The molecule has 0 heterocycles. The summed E-state index contributed by atoms with van der Waals surface area (Å²) in [5.41, 5.74) is 4.27. The maximum absolute atomic E-state index is 2.41. The summed E-state index contributed by atoms with van der Waals surface area (Å²) >= 11 is 0. The molecule has 4 rings (SSSR count). The van der Waals surface area contributed by atoms with Crippen molar-refractivity contribution in [2.45, 2.75) is 25.2 Å². The number of hydrogen-bond acceptors (Lipinski definition) is 0. The van der Waals surface area contributed by atoms with Gasteiger partial charge in [0, 0.05) is 0 Å². The minimum atomic E-state index is 0.862. The Morgan fingerprint density at radius 2 is 1.56 bits per heavy atom. The summed E-state index contributed by atoms with van der Waals surface area (Å²) in [6.45, 7) is 0. The maximum atomic E-state index is 2.41. The molecule has 0 saturated heterocycles. The van der Waals surface area contributed by atoms with Crippen LogP contribution in [0.15, 0.2) is 54.6 Å². The highest BCUT2D eigenvalue weighted by Crippen LogP contribution is 2.59. The normalized spacial score (nSPS) is 26.0. The third-order valence-electron chi connectivity index (χ3n) is 4.49. The molecule has 2 fully saturated rings. The second-order valence-corrected chi connectivity index (χ2v) is 5.83. The molecule has 0 bridgehead atoms. The Kier molecular flexibility index (Phi) is 2.29. The SMILES string of the molecule is c1ccc(-c2cccc(C3CC3C3CC3)c2)cc1. The predicted molar refractivity (Wildman–Crippen MR) is 75.5 cm³/mol. The smallest absolute Gasteiger partial charge is 0.0128 e. The molecule has 2 aromatic rings. The van der Waals surface area contributed by atoms with Crippen molar-refractivity contribution in [1.29, 1.82) is 0 Å². The van der Waals surface area contributed by atoms with Gasteiger partial charge in [-0.1, -0.05) is 54.6 Å². The first-order valence-electron chi connectivity index (χ1n) is 7.07. The van der Waals surface area contributed by atoms with E-state index in [9.17, 15) is 0 Å². The minimum absolute atomic E-state index is 0.862. The van der Waals surface area contributed by atoms with Gasteiger partial charge in [-0.2, -0.15) is 0 Å². The number of benzene rings is 2. The molecule has 0 aromatic heterocycles. The van der Waals surface area contributed by atoms with Crippen molar-refractivity contribution in [3.05, 3.63) is 60.2 Å². The lowest BCUT2D eigenvalue weighted by molar-refractivity contribution is 0.690. The summed E-state index contributed by atoms with van der Waals surface area (Å²) in [5, 5.41) is 0. The first-order valence-corrected chi connectivity index (χ1v) is 7.07. The fraction of sp³-hybridized carbons (Fsp3) is 0.333. The second-order valence-electron chi connectivity index (χ2n) is 5.83. The topological polar surface area (TPSA) is 0 Å². The molecule has 0 amide bonds. The summed E-state index contributed by atoms with van der Waals surface area (Å²) in [6, 6.07) is 19.9. The molecular formula is C18H18. The lowest BCUT2D eigenvalue weighted by Crippen LogP contribution is -1.86. The van der Waals surface area contributed by atoms with E-state index in [2.05, 4.69) is 54.6 Å². The molecule has 0 aliphatic heterocycles. The molecule has 0 radical (unpaired) electrons. The van der Waals surface area contributed by atoms with Gasteiger partial charge in [-0.25, -0.2) is 0 Å². The van der Waals surface area contributed by atoms with Crippen LogP contribution in [0.5, 0.6) is 0 Å². The largest absolute Gasteiger partial charge is 0.0622 e. The van der Waals surface area contributed by atoms with Gasteiger partial charge in [-0.3, -0.25) is 0 Å². The van der Waals surface area contributed by atoms with Crippen molar-refractivity contribution in [3.63, 3.8) is 0 Å². The first-order chi connectivity index (χ1) is 8.92. The van der Waals surface area contributed by atoms with Crippen molar-refractivity contribution in [3.8, 4) is 11.1 Å². The van der Waals surface area contributed by atoms with Crippen molar-refractivity contribution in [1.82, 2.24) is 0 Å². The highest BCUT2D eigenvalue weighted by molar-refractivity contribution is 5.64. The van der Waals surface area contributed by atoms with E-state index in [1.807, 2.05) is 0 Å². The Morgan fingerprint density at radius 3 is 2.33 bits per heavy atom. The summed E-state index contributed by atoms with van der Waals surface area (Å²) < 4.78 is 0. The lowest BCUT2D eigenvalue weighted by atomic mass is 10.00. The number of hydrogen-bond donors (Lipinski definition) is 0. The van der Waals surface area contributed by atoms with Gasteiger partial charge < -0.3 is 0 Å². The van der Waals surface area contributed by atoms with Gasteiger partial charge in [0.25, 0.3) is 0 Å². The van der Waals surface area contributed by atoms with Crippen LogP contribution in [0.2, 0.25) is 0 Å². The van der Waals surface area contributed by atoms with Crippen molar-refractivity contribution in [2.75, 3.05) is 0 Å². The predicted octanol–water partition coefficient (Wildman–Crippen LogP) is 4.87. The fourth-order valence-electron chi connectivity index (χ4n) is 3.22. The third kappa shape index (κ3) is 1.86. The first kappa shape index (κ1) is 10.4.